The molecule has 2 fully saturated rings. The summed E-state index contributed by atoms with van der Waals surface area (Å²) < 4.78 is 17.9. The van der Waals surface area contributed by atoms with Crippen LogP contribution in [0.25, 0.3) is 15.6 Å². The molecule has 0 aliphatic carbocycles. The highest BCUT2D eigenvalue weighted by molar-refractivity contribution is 5.88. The number of likely N-dealkylation sites (tertiary alicyclic amines) is 1. The third-order valence-corrected chi connectivity index (χ3v) is 9.00. The number of hydrogen-bond acceptors (Lipinski definition) is 8. The first-order chi connectivity index (χ1) is 21.6. The third kappa shape index (κ3) is 6.41. The van der Waals surface area contributed by atoms with Crippen molar-refractivity contribution >= 4 is 22.5 Å². The van der Waals surface area contributed by atoms with Gasteiger partial charge in [-0.25, -0.2) is 6.57 Å². The van der Waals surface area contributed by atoms with Crippen molar-refractivity contribution in [2.45, 2.75) is 44.1 Å². The van der Waals surface area contributed by atoms with Crippen molar-refractivity contribution in [3.63, 3.8) is 0 Å². The van der Waals surface area contributed by atoms with Crippen LogP contribution in [0.15, 0.2) is 54.6 Å². The van der Waals surface area contributed by atoms with Gasteiger partial charge in [-0.2, -0.15) is 9.97 Å². The zero-order valence-corrected chi connectivity index (χ0v) is 25.5. The summed E-state index contributed by atoms with van der Waals surface area (Å²) in [5.41, 5.74) is 3.03. The van der Waals surface area contributed by atoms with Gasteiger partial charge in [0.15, 0.2) is 0 Å². The van der Waals surface area contributed by atoms with Crippen molar-refractivity contribution in [3.8, 4) is 6.01 Å². The normalized spacial score (nSPS) is 22.3. The van der Waals surface area contributed by atoms with Crippen molar-refractivity contribution in [2.24, 2.45) is 0 Å². The van der Waals surface area contributed by atoms with Gasteiger partial charge in [0.2, 0.25) is 12.5 Å². The summed E-state index contributed by atoms with van der Waals surface area (Å²) in [6, 6.07) is 15.2. The molecular weight excluding hydrogens is 556 g/mol. The van der Waals surface area contributed by atoms with E-state index in [1.54, 1.807) is 18.1 Å². The first-order valence-electron chi connectivity index (χ1n) is 15.4. The van der Waals surface area contributed by atoms with Crippen LogP contribution in [0.3, 0.4) is 0 Å². The lowest BCUT2D eigenvalue weighted by atomic mass is 9.94. The molecule has 3 aliphatic rings. The smallest absolute Gasteiger partial charge is 0.318 e. The van der Waals surface area contributed by atoms with Crippen LogP contribution < -0.4 is 9.64 Å². The van der Waals surface area contributed by atoms with Crippen LogP contribution in [-0.4, -0.2) is 97.9 Å². The molecule has 44 heavy (non-hydrogen) atoms. The lowest BCUT2D eigenvalue weighted by Crippen LogP contribution is -2.56. The second-order valence-electron chi connectivity index (χ2n) is 11.7. The van der Waals surface area contributed by atoms with Gasteiger partial charge < -0.3 is 33.8 Å². The minimum Gasteiger partial charge on any atom is -0.462 e. The summed E-state index contributed by atoms with van der Waals surface area (Å²) in [6.45, 7) is 11.7. The molecule has 2 saturated heterocycles. The maximum atomic E-state index is 13.0. The Morgan fingerprint density at radius 3 is 2.82 bits per heavy atom. The fourth-order valence-corrected chi connectivity index (χ4v) is 6.59. The predicted molar refractivity (Wildman–Crippen MR) is 169 cm³/mol. The Hall–Kier alpha value is -4.04. The number of methoxy groups -OCH3 is 1. The number of carbonyl (C=O) groups excluding carboxylic acids is 1. The minimum atomic E-state index is -0.268. The highest BCUT2D eigenvalue weighted by Gasteiger charge is 2.35. The highest BCUT2D eigenvalue weighted by atomic mass is 16.5. The second kappa shape index (κ2) is 13.7. The molecule has 6 rings (SSSR count). The van der Waals surface area contributed by atoms with E-state index in [1.165, 1.54) is 16.8 Å². The average Bonchev–Trinajstić information content (AvgIpc) is 3.47. The molecule has 0 spiro atoms. The van der Waals surface area contributed by atoms with E-state index in [2.05, 4.69) is 64.2 Å². The Bertz CT molecular complexity index is 1550. The fraction of sp³-hybridized carbons (Fsp3) is 0.471. The second-order valence-corrected chi connectivity index (χ2v) is 11.7. The predicted octanol–water partition coefficient (Wildman–Crippen LogP) is 4.06. The van der Waals surface area contributed by atoms with Gasteiger partial charge in [0.05, 0.1) is 25.0 Å². The number of likely N-dealkylation sites (N-methyl/N-ethyl adjacent to an activating group) is 1. The van der Waals surface area contributed by atoms with Gasteiger partial charge in [-0.1, -0.05) is 48.5 Å². The maximum absolute atomic E-state index is 13.0. The first-order valence-corrected chi connectivity index (χ1v) is 15.4. The van der Waals surface area contributed by atoms with Crippen molar-refractivity contribution in [2.75, 3.05) is 65.0 Å². The van der Waals surface area contributed by atoms with Crippen molar-refractivity contribution < 1.29 is 19.0 Å². The standard InChI is InChI=1S/C34H40N6O4/c1-35-20-26-21-39(16-17-40(26)32(41)14-8-18-42-3)33-29-23-43-31(28-13-6-10-24-9-4-5-12-27(24)28)19-30(29)36-34(37-33)44-22-25-11-7-15-38(25)2/h4-6,8-10,12-14,25-26,31H,7,11,15-23H2,2-3H3/b14-8+/t25-,26-,31?/m0/s1. The van der Waals surface area contributed by atoms with Crippen molar-refractivity contribution in [1.82, 2.24) is 19.8 Å². The lowest BCUT2D eigenvalue weighted by molar-refractivity contribution is -0.128. The van der Waals surface area contributed by atoms with Gasteiger partial charge in [0.25, 0.3) is 0 Å². The zero-order valence-electron chi connectivity index (χ0n) is 25.5. The number of rotatable bonds is 9. The number of amides is 1. The SMILES string of the molecule is [C-]#[N+]C[C@H]1CN(c2nc(OC[C@@H]3CCCN3C)nc3c2COC(c2cccc4ccccc24)C3)CCN1C(=O)/C=C/COC. The van der Waals surface area contributed by atoms with Gasteiger partial charge in [0, 0.05) is 50.8 Å². The van der Waals surface area contributed by atoms with Gasteiger partial charge in [-0.05, 0) is 42.8 Å². The molecule has 4 heterocycles. The summed E-state index contributed by atoms with van der Waals surface area (Å²) >= 11 is 0. The third-order valence-electron chi connectivity index (χ3n) is 9.00. The van der Waals surface area contributed by atoms with E-state index in [0.717, 1.165) is 42.0 Å². The van der Waals surface area contributed by atoms with E-state index in [1.807, 2.05) is 0 Å². The molecule has 3 aliphatic heterocycles. The topological polar surface area (TPSA) is 84.6 Å². The van der Waals surface area contributed by atoms with Gasteiger partial charge in [-0.15, -0.1) is 0 Å². The number of carbonyl (C=O) groups is 1. The first kappa shape index (κ1) is 30.0. The maximum Gasteiger partial charge on any atom is 0.318 e. The van der Waals surface area contributed by atoms with Crippen LogP contribution in [0.2, 0.25) is 0 Å². The fourth-order valence-electron chi connectivity index (χ4n) is 6.59. The van der Waals surface area contributed by atoms with Crippen LogP contribution in [0, 0.1) is 6.57 Å². The van der Waals surface area contributed by atoms with Crippen LogP contribution in [0.1, 0.15) is 35.8 Å². The summed E-state index contributed by atoms with van der Waals surface area (Å²) in [5.74, 6) is 0.671. The molecule has 10 nitrogen and oxygen atoms in total. The van der Waals surface area contributed by atoms with Crippen LogP contribution >= 0.6 is 0 Å². The molecule has 230 valence electrons. The Morgan fingerprint density at radius 2 is 2.00 bits per heavy atom. The minimum absolute atomic E-state index is 0.106. The van der Waals surface area contributed by atoms with Crippen molar-refractivity contribution in [3.05, 3.63) is 82.9 Å². The molecule has 3 atom stereocenters. The Balaban J connectivity index is 1.30. The van der Waals surface area contributed by atoms with Gasteiger partial charge in [0.1, 0.15) is 18.5 Å². The number of anilines is 1. The average molecular weight is 597 g/mol. The largest absolute Gasteiger partial charge is 0.462 e. The highest BCUT2D eigenvalue weighted by Crippen LogP contribution is 2.38. The molecule has 10 heteroatoms. The molecule has 1 unspecified atom stereocenters. The molecule has 1 amide bonds. The number of benzene rings is 2. The van der Waals surface area contributed by atoms with E-state index in [9.17, 15) is 4.79 Å². The number of piperazine rings is 1. The molecule has 3 aromatic rings. The molecule has 0 saturated carbocycles. The van der Waals surface area contributed by atoms with E-state index < -0.39 is 0 Å². The molecule has 1 aromatic heterocycles. The number of hydrogen-bond donors (Lipinski definition) is 0. The summed E-state index contributed by atoms with van der Waals surface area (Å²) in [5, 5.41) is 2.36. The Labute approximate surface area is 259 Å². The monoisotopic (exact) mass is 596 g/mol. The summed E-state index contributed by atoms with van der Waals surface area (Å²) in [7, 11) is 3.73. The molecule has 2 aromatic carbocycles. The molecular formula is C34H40N6O4. The van der Waals surface area contributed by atoms with Gasteiger partial charge >= 0.3 is 6.01 Å². The molecule has 0 N–H and O–H groups in total. The Kier molecular flexibility index (Phi) is 9.36. The number of aromatic nitrogens is 2. The van der Waals surface area contributed by atoms with E-state index >= 15 is 0 Å². The summed E-state index contributed by atoms with van der Waals surface area (Å²) in [4.78, 5) is 32.8. The van der Waals surface area contributed by atoms with E-state index in [4.69, 9.17) is 30.8 Å². The quantitative estimate of drug-likeness (QED) is 0.270. The summed E-state index contributed by atoms with van der Waals surface area (Å²) in [6.07, 6.45) is 5.96. The van der Waals surface area contributed by atoms with E-state index in [0.29, 0.717) is 57.9 Å². The van der Waals surface area contributed by atoms with Crippen molar-refractivity contribution in [1.29, 1.82) is 0 Å². The van der Waals surface area contributed by atoms with Crippen LogP contribution in [0.5, 0.6) is 6.01 Å². The number of fused-ring (bicyclic) bond motifs is 2. The Morgan fingerprint density at radius 1 is 1.14 bits per heavy atom. The van der Waals surface area contributed by atoms with Gasteiger partial charge in [-0.3, -0.25) is 4.79 Å². The number of ether oxygens (including phenoxy) is 3. The lowest BCUT2D eigenvalue weighted by Gasteiger charge is -2.40. The molecule has 0 radical (unpaired) electrons. The van der Waals surface area contributed by atoms with Crippen LogP contribution in [0.4, 0.5) is 5.82 Å². The molecule has 0 bridgehead atoms. The zero-order chi connectivity index (χ0) is 30.5. The van der Waals surface area contributed by atoms with Crippen LogP contribution in [-0.2, 0) is 27.3 Å². The van der Waals surface area contributed by atoms with E-state index in [-0.39, 0.29) is 24.6 Å². The number of nitrogens with zero attached hydrogens (tertiary/aromatic N) is 6.